The number of nitrogens with one attached hydrogen (secondary N) is 2. The van der Waals surface area contributed by atoms with E-state index < -0.39 is 0 Å². The highest BCUT2D eigenvalue weighted by Crippen LogP contribution is 2.33. The summed E-state index contributed by atoms with van der Waals surface area (Å²) in [4.78, 5) is 13.0. The van der Waals surface area contributed by atoms with E-state index in [2.05, 4.69) is 29.4 Å². The van der Waals surface area contributed by atoms with Crippen molar-refractivity contribution >= 4 is 17.1 Å². The fourth-order valence-electron chi connectivity index (χ4n) is 1.69. The van der Waals surface area contributed by atoms with Crippen molar-refractivity contribution in [3.8, 4) is 0 Å². The summed E-state index contributed by atoms with van der Waals surface area (Å²) in [6.07, 6.45) is 0. The maximum atomic E-state index is 11.3. The molecule has 0 amide bonds. The number of para-hydroxylation sites is 1. The average molecular weight is 280 g/mol. The van der Waals surface area contributed by atoms with Gasteiger partial charge in [-0.15, -0.1) is 0 Å². The fraction of sp³-hybridized carbons (Fsp3) is 0.571. The van der Waals surface area contributed by atoms with Gasteiger partial charge in [0.1, 0.15) is 11.4 Å². The molecule has 20 heavy (non-hydrogen) atoms. The van der Waals surface area contributed by atoms with Gasteiger partial charge in [0.15, 0.2) is 0 Å². The Bertz CT molecular complexity index is 472. The molecule has 1 rings (SSSR count). The summed E-state index contributed by atoms with van der Waals surface area (Å²) >= 11 is 0. The molecular formula is C14H24N4O2. The SMILES string of the molecule is CCNc1cccc(NCC(C)(C)N(C)C)c1[N+](=O)[O-]. The van der Waals surface area contributed by atoms with Crippen LogP contribution in [0.1, 0.15) is 20.8 Å². The molecule has 0 unspecified atom stereocenters. The minimum Gasteiger partial charge on any atom is -0.380 e. The zero-order valence-corrected chi connectivity index (χ0v) is 12.9. The molecule has 1 aromatic carbocycles. The lowest BCUT2D eigenvalue weighted by Gasteiger charge is -2.33. The van der Waals surface area contributed by atoms with Crippen LogP contribution in [0.2, 0.25) is 0 Å². The van der Waals surface area contributed by atoms with E-state index in [-0.39, 0.29) is 16.1 Å². The predicted octanol–water partition coefficient (Wildman–Crippen LogP) is 2.78. The molecule has 0 aromatic heterocycles. The monoisotopic (exact) mass is 280 g/mol. The number of likely N-dealkylation sites (N-methyl/N-ethyl adjacent to an activating group) is 1. The van der Waals surface area contributed by atoms with Crippen LogP contribution < -0.4 is 10.6 Å². The molecule has 0 spiro atoms. The molecule has 0 bridgehead atoms. The van der Waals surface area contributed by atoms with E-state index in [1.807, 2.05) is 27.1 Å². The fourth-order valence-corrected chi connectivity index (χ4v) is 1.69. The summed E-state index contributed by atoms with van der Waals surface area (Å²) in [7, 11) is 3.98. The Morgan fingerprint density at radius 1 is 1.25 bits per heavy atom. The zero-order valence-electron chi connectivity index (χ0n) is 12.9. The van der Waals surface area contributed by atoms with E-state index in [0.717, 1.165) is 0 Å². The van der Waals surface area contributed by atoms with Crippen LogP contribution in [0, 0.1) is 10.1 Å². The Balaban J connectivity index is 3.00. The minimum absolute atomic E-state index is 0.0952. The third-order valence-electron chi connectivity index (χ3n) is 3.51. The maximum absolute atomic E-state index is 11.3. The van der Waals surface area contributed by atoms with E-state index in [1.165, 1.54) is 0 Å². The lowest BCUT2D eigenvalue weighted by molar-refractivity contribution is -0.383. The quantitative estimate of drug-likeness (QED) is 0.593. The van der Waals surface area contributed by atoms with E-state index in [1.54, 1.807) is 12.1 Å². The van der Waals surface area contributed by atoms with Crippen LogP contribution in [-0.2, 0) is 0 Å². The van der Waals surface area contributed by atoms with Crippen molar-refractivity contribution in [2.45, 2.75) is 26.3 Å². The zero-order chi connectivity index (χ0) is 15.3. The molecule has 0 heterocycles. The Kier molecular flexibility index (Phi) is 5.33. The molecule has 0 saturated carbocycles. The van der Waals surface area contributed by atoms with Crippen molar-refractivity contribution in [3.63, 3.8) is 0 Å². The number of rotatable bonds is 7. The van der Waals surface area contributed by atoms with Crippen LogP contribution >= 0.6 is 0 Å². The number of anilines is 2. The van der Waals surface area contributed by atoms with Crippen molar-refractivity contribution in [2.24, 2.45) is 0 Å². The first-order chi connectivity index (χ1) is 9.29. The average Bonchev–Trinajstić information content (AvgIpc) is 2.36. The van der Waals surface area contributed by atoms with Gasteiger partial charge in [0.25, 0.3) is 0 Å². The van der Waals surface area contributed by atoms with Crippen LogP contribution in [0.15, 0.2) is 18.2 Å². The summed E-state index contributed by atoms with van der Waals surface area (Å²) < 4.78 is 0. The molecule has 112 valence electrons. The third kappa shape index (κ3) is 3.84. The Morgan fingerprint density at radius 3 is 2.25 bits per heavy atom. The molecule has 0 atom stereocenters. The normalized spacial score (nSPS) is 11.5. The Labute approximate surface area is 120 Å². The van der Waals surface area contributed by atoms with Gasteiger partial charge >= 0.3 is 5.69 Å². The highest BCUT2D eigenvalue weighted by atomic mass is 16.6. The molecule has 6 nitrogen and oxygen atoms in total. The van der Waals surface area contributed by atoms with E-state index in [0.29, 0.717) is 24.5 Å². The smallest absolute Gasteiger partial charge is 0.315 e. The summed E-state index contributed by atoms with van der Waals surface area (Å²) in [6.45, 7) is 7.35. The highest BCUT2D eigenvalue weighted by Gasteiger charge is 2.24. The van der Waals surface area contributed by atoms with Crippen molar-refractivity contribution < 1.29 is 4.92 Å². The van der Waals surface area contributed by atoms with E-state index in [9.17, 15) is 10.1 Å². The topological polar surface area (TPSA) is 70.4 Å². The van der Waals surface area contributed by atoms with Gasteiger partial charge in [0.05, 0.1) is 4.92 Å². The largest absolute Gasteiger partial charge is 0.380 e. The van der Waals surface area contributed by atoms with Crippen molar-refractivity contribution in [1.29, 1.82) is 0 Å². The van der Waals surface area contributed by atoms with Crippen molar-refractivity contribution in [1.82, 2.24) is 4.90 Å². The second-order valence-electron chi connectivity index (χ2n) is 5.55. The molecule has 6 heteroatoms. The molecule has 0 saturated heterocycles. The summed E-state index contributed by atoms with van der Waals surface area (Å²) in [5.41, 5.74) is 1.10. The number of nitrogens with zero attached hydrogens (tertiary/aromatic N) is 2. The molecule has 0 aliphatic carbocycles. The predicted molar refractivity (Wildman–Crippen MR) is 83.5 cm³/mol. The van der Waals surface area contributed by atoms with Gasteiger partial charge in [0, 0.05) is 18.6 Å². The number of hydrogen-bond acceptors (Lipinski definition) is 5. The number of nitro groups is 1. The van der Waals surface area contributed by atoms with Gasteiger partial charge in [-0.25, -0.2) is 0 Å². The second-order valence-corrected chi connectivity index (χ2v) is 5.55. The molecule has 0 radical (unpaired) electrons. The standard InChI is InChI=1S/C14H24N4O2/c1-6-15-11-8-7-9-12(13(11)18(19)20)16-10-14(2,3)17(4)5/h7-9,15-16H,6,10H2,1-5H3. The van der Waals surface area contributed by atoms with Gasteiger partial charge < -0.3 is 15.5 Å². The van der Waals surface area contributed by atoms with Crippen LogP contribution in [0.25, 0.3) is 0 Å². The maximum Gasteiger partial charge on any atom is 0.315 e. The molecule has 0 fully saturated rings. The number of nitro benzene ring substituents is 1. The van der Waals surface area contributed by atoms with Crippen LogP contribution in [0.4, 0.5) is 17.1 Å². The van der Waals surface area contributed by atoms with Gasteiger partial charge in [-0.2, -0.15) is 0 Å². The molecule has 0 aliphatic rings. The van der Waals surface area contributed by atoms with Gasteiger partial charge in [0.2, 0.25) is 0 Å². The minimum atomic E-state index is -0.344. The molecule has 2 N–H and O–H groups in total. The van der Waals surface area contributed by atoms with Gasteiger partial charge in [-0.05, 0) is 47.0 Å². The first-order valence-corrected chi connectivity index (χ1v) is 6.72. The summed E-state index contributed by atoms with van der Waals surface area (Å²) in [5.74, 6) is 0. The Hall–Kier alpha value is -1.82. The first kappa shape index (κ1) is 16.2. The van der Waals surface area contributed by atoms with Gasteiger partial charge in [-0.3, -0.25) is 10.1 Å². The number of benzene rings is 1. The molecular weight excluding hydrogens is 256 g/mol. The van der Waals surface area contributed by atoms with E-state index >= 15 is 0 Å². The first-order valence-electron chi connectivity index (χ1n) is 6.72. The molecule has 0 aliphatic heterocycles. The van der Waals surface area contributed by atoms with Crippen LogP contribution in [0.5, 0.6) is 0 Å². The lowest BCUT2D eigenvalue weighted by atomic mass is 10.0. The van der Waals surface area contributed by atoms with Crippen molar-refractivity contribution in [2.75, 3.05) is 37.8 Å². The second kappa shape index (κ2) is 6.56. The van der Waals surface area contributed by atoms with Crippen LogP contribution in [0.3, 0.4) is 0 Å². The van der Waals surface area contributed by atoms with E-state index in [4.69, 9.17) is 0 Å². The molecule has 1 aromatic rings. The van der Waals surface area contributed by atoms with Gasteiger partial charge in [-0.1, -0.05) is 6.07 Å². The number of hydrogen-bond donors (Lipinski definition) is 2. The van der Waals surface area contributed by atoms with Crippen LogP contribution in [-0.4, -0.2) is 42.5 Å². The summed E-state index contributed by atoms with van der Waals surface area (Å²) in [5, 5.41) is 17.5. The third-order valence-corrected chi connectivity index (χ3v) is 3.51. The van der Waals surface area contributed by atoms with Crippen molar-refractivity contribution in [3.05, 3.63) is 28.3 Å². The lowest BCUT2D eigenvalue weighted by Crippen LogP contribution is -2.44. The highest BCUT2D eigenvalue weighted by molar-refractivity contribution is 5.76. The Morgan fingerprint density at radius 2 is 1.80 bits per heavy atom. The summed E-state index contributed by atoms with van der Waals surface area (Å²) in [6, 6.07) is 5.28.